The van der Waals surface area contributed by atoms with Crippen LogP contribution in [0.15, 0.2) is 11.8 Å². The van der Waals surface area contributed by atoms with Gasteiger partial charge in [0.05, 0.1) is 12.7 Å². The van der Waals surface area contributed by atoms with Crippen LogP contribution in [0.25, 0.3) is 0 Å². The number of halogens is 1. The van der Waals surface area contributed by atoms with E-state index in [-0.39, 0.29) is 10.9 Å². The summed E-state index contributed by atoms with van der Waals surface area (Å²) in [4.78, 5) is 0.0254. The minimum atomic E-state index is -0.355. The first-order chi connectivity index (χ1) is 4.25. The van der Waals surface area contributed by atoms with Crippen LogP contribution in [0.5, 0.6) is 0 Å². The Morgan fingerprint density at radius 3 is 2.89 bits per heavy atom. The van der Waals surface area contributed by atoms with Crippen LogP contribution in [0.1, 0.15) is 6.92 Å². The Labute approximate surface area is 62.6 Å². The maximum absolute atomic E-state index is 8.91. The first-order valence-electron chi connectivity index (χ1n) is 2.92. The summed E-state index contributed by atoms with van der Waals surface area (Å²) < 4.78 is 5.11. The Morgan fingerprint density at radius 1 is 1.89 bits per heavy atom. The largest absolute Gasteiger partial charge is 0.497 e. The predicted octanol–water partition coefficient (Wildman–Crippen LogP) is 1.04. The summed E-state index contributed by atoms with van der Waals surface area (Å²) in [7, 11) is 0. The lowest BCUT2D eigenvalue weighted by Crippen LogP contribution is -2.31. The van der Waals surface area contributed by atoms with Crippen molar-refractivity contribution in [2.45, 2.75) is 17.9 Å². The van der Waals surface area contributed by atoms with E-state index in [1.165, 1.54) is 0 Å². The van der Waals surface area contributed by atoms with Crippen LogP contribution >= 0.6 is 15.9 Å². The van der Waals surface area contributed by atoms with Crippen LogP contribution in [0, 0.1) is 0 Å². The Kier molecular flexibility index (Phi) is 2.13. The molecule has 0 fully saturated rings. The molecule has 0 spiro atoms. The molecule has 0 amide bonds. The second kappa shape index (κ2) is 2.71. The van der Waals surface area contributed by atoms with E-state index in [9.17, 15) is 0 Å². The molecule has 1 aliphatic carbocycles. The predicted molar refractivity (Wildman–Crippen MR) is 38.4 cm³/mol. The monoisotopic (exact) mass is 192 g/mol. The van der Waals surface area contributed by atoms with E-state index < -0.39 is 0 Å². The number of aliphatic hydroxyl groups is 1. The van der Waals surface area contributed by atoms with Crippen LogP contribution in [0.4, 0.5) is 0 Å². The highest BCUT2D eigenvalue weighted by molar-refractivity contribution is 9.09. The lowest BCUT2D eigenvalue weighted by Gasteiger charge is -2.26. The Bertz CT molecular complexity index is 133. The molecular weight excluding hydrogens is 184 g/mol. The van der Waals surface area contributed by atoms with Gasteiger partial charge in [0.1, 0.15) is 10.6 Å². The van der Waals surface area contributed by atoms with Gasteiger partial charge in [-0.1, -0.05) is 15.9 Å². The van der Waals surface area contributed by atoms with Crippen LogP contribution < -0.4 is 0 Å². The van der Waals surface area contributed by atoms with Crippen molar-refractivity contribution < 1.29 is 9.84 Å². The maximum atomic E-state index is 8.91. The molecule has 0 aromatic carbocycles. The van der Waals surface area contributed by atoms with Crippen molar-refractivity contribution in [2.75, 3.05) is 6.61 Å². The van der Waals surface area contributed by atoms with Crippen molar-refractivity contribution in [1.29, 1.82) is 0 Å². The molecule has 0 saturated carbocycles. The van der Waals surface area contributed by atoms with Gasteiger partial charge in [-0.2, -0.15) is 0 Å². The quantitative estimate of drug-likeness (QED) is 0.664. The molecule has 0 bridgehead atoms. The summed E-state index contributed by atoms with van der Waals surface area (Å²) in [6.07, 6.45) is 1.34. The van der Waals surface area contributed by atoms with Gasteiger partial charge >= 0.3 is 0 Å². The highest BCUT2D eigenvalue weighted by atomic mass is 79.9. The summed E-state index contributed by atoms with van der Waals surface area (Å²) in [6, 6.07) is 0. The molecule has 0 aliphatic heterocycles. The van der Waals surface area contributed by atoms with E-state index >= 15 is 0 Å². The molecule has 2 atom stereocenters. The van der Waals surface area contributed by atoms with Crippen molar-refractivity contribution in [3.05, 3.63) is 11.8 Å². The minimum absolute atomic E-state index is 0.0254. The van der Waals surface area contributed by atoms with Crippen molar-refractivity contribution in [3.63, 3.8) is 0 Å². The molecule has 1 aliphatic rings. The average molecular weight is 193 g/mol. The summed E-state index contributed by atoms with van der Waals surface area (Å²) >= 11 is 3.25. The summed E-state index contributed by atoms with van der Waals surface area (Å²) in [6.45, 7) is 2.59. The van der Waals surface area contributed by atoms with Gasteiger partial charge in [0, 0.05) is 0 Å². The topological polar surface area (TPSA) is 29.5 Å². The fraction of sp³-hybridized carbons (Fsp3) is 0.667. The molecule has 0 radical (unpaired) electrons. The fourth-order valence-electron chi connectivity index (χ4n) is 0.689. The zero-order valence-electron chi connectivity index (χ0n) is 5.17. The van der Waals surface area contributed by atoms with Gasteiger partial charge in [-0.3, -0.25) is 0 Å². The zero-order valence-corrected chi connectivity index (χ0v) is 6.76. The molecule has 2 unspecified atom stereocenters. The van der Waals surface area contributed by atoms with Crippen molar-refractivity contribution >= 4 is 15.9 Å². The molecule has 0 heterocycles. The van der Waals surface area contributed by atoms with E-state index in [0.717, 1.165) is 5.76 Å². The maximum Gasteiger partial charge on any atom is 0.111 e. The third-order valence-corrected chi connectivity index (χ3v) is 2.21. The first-order valence-corrected chi connectivity index (χ1v) is 3.84. The summed E-state index contributed by atoms with van der Waals surface area (Å²) in [5, 5.41) is 8.91. The number of alkyl halides is 1. The van der Waals surface area contributed by atoms with Crippen molar-refractivity contribution in [3.8, 4) is 0 Å². The van der Waals surface area contributed by atoms with E-state index in [1.807, 2.05) is 6.92 Å². The second-order valence-corrected chi connectivity index (χ2v) is 2.88. The van der Waals surface area contributed by atoms with Gasteiger partial charge in [-0.25, -0.2) is 0 Å². The number of hydrogen-bond donors (Lipinski definition) is 1. The lowest BCUT2D eigenvalue weighted by atomic mass is 10.1. The highest BCUT2D eigenvalue weighted by Gasteiger charge is 2.29. The minimum Gasteiger partial charge on any atom is -0.497 e. The van der Waals surface area contributed by atoms with Gasteiger partial charge in [0.2, 0.25) is 0 Å². The summed E-state index contributed by atoms with van der Waals surface area (Å²) in [5.74, 6) is 0.852. The molecule has 1 rings (SSSR count). The third-order valence-electron chi connectivity index (χ3n) is 1.22. The molecular formula is C6H9BrO2. The number of rotatable bonds is 2. The van der Waals surface area contributed by atoms with Gasteiger partial charge in [0.25, 0.3) is 0 Å². The highest BCUT2D eigenvalue weighted by Crippen LogP contribution is 2.27. The van der Waals surface area contributed by atoms with E-state index in [2.05, 4.69) is 15.9 Å². The molecule has 9 heavy (non-hydrogen) atoms. The SMILES string of the molecule is CCOC1=CC(O)C1Br. The third kappa shape index (κ3) is 1.27. The molecule has 0 saturated heterocycles. The molecule has 3 heteroatoms. The average Bonchev–Trinajstić information content (AvgIpc) is 1.88. The van der Waals surface area contributed by atoms with E-state index in [4.69, 9.17) is 9.84 Å². The van der Waals surface area contributed by atoms with E-state index in [1.54, 1.807) is 6.08 Å². The smallest absolute Gasteiger partial charge is 0.111 e. The molecule has 0 aromatic heterocycles. The standard InChI is InChI=1S/C6H9BrO2/c1-2-9-5-3-4(8)6(5)7/h3-4,6,8H,2H2,1H3. The van der Waals surface area contributed by atoms with Crippen LogP contribution in [0.2, 0.25) is 0 Å². The van der Waals surface area contributed by atoms with E-state index in [0.29, 0.717) is 6.61 Å². The van der Waals surface area contributed by atoms with Crippen LogP contribution in [-0.4, -0.2) is 22.6 Å². The van der Waals surface area contributed by atoms with Gasteiger partial charge in [-0.05, 0) is 13.0 Å². The molecule has 1 N–H and O–H groups in total. The molecule has 0 aromatic rings. The fourth-order valence-corrected chi connectivity index (χ4v) is 1.13. The van der Waals surface area contributed by atoms with Crippen molar-refractivity contribution in [1.82, 2.24) is 0 Å². The Morgan fingerprint density at radius 2 is 2.56 bits per heavy atom. The van der Waals surface area contributed by atoms with Gasteiger partial charge in [0.15, 0.2) is 0 Å². The van der Waals surface area contributed by atoms with Gasteiger partial charge < -0.3 is 9.84 Å². The Hall–Kier alpha value is -0.0200. The number of aliphatic hydroxyl groups excluding tert-OH is 1. The summed E-state index contributed by atoms with van der Waals surface area (Å²) in [5.41, 5.74) is 0. The Balaban J connectivity index is 2.37. The normalized spacial score (nSPS) is 33.0. The number of ether oxygens (including phenoxy) is 1. The number of hydrogen-bond acceptors (Lipinski definition) is 2. The first kappa shape index (κ1) is 7.09. The zero-order chi connectivity index (χ0) is 6.85. The van der Waals surface area contributed by atoms with Gasteiger partial charge in [-0.15, -0.1) is 0 Å². The van der Waals surface area contributed by atoms with Crippen LogP contribution in [-0.2, 0) is 4.74 Å². The molecule has 2 nitrogen and oxygen atoms in total. The lowest BCUT2D eigenvalue weighted by molar-refractivity contribution is 0.133. The second-order valence-electron chi connectivity index (χ2n) is 1.89. The molecule has 52 valence electrons. The van der Waals surface area contributed by atoms with Crippen LogP contribution in [0.3, 0.4) is 0 Å². The van der Waals surface area contributed by atoms with Crippen molar-refractivity contribution in [2.24, 2.45) is 0 Å².